The molecule has 1 amide bonds. The molecule has 4 rings (SSSR count). The van der Waals surface area contributed by atoms with Crippen molar-refractivity contribution in [1.29, 1.82) is 0 Å². The summed E-state index contributed by atoms with van der Waals surface area (Å²) in [6.45, 7) is 4.56. The third-order valence-electron chi connectivity index (χ3n) is 5.75. The average Bonchev–Trinajstić information content (AvgIpc) is 2.94. The Kier molecular flexibility index (Phi) is 8.71. The number of pyridine rings is 2. The van der Waals surface area contributed by atoms with E-state index in [1.54, 1.807) is 61.7 Å². The van der Waals surface area contributed by atoms with E-state index < -0.39 is 11.7 Å². The molecule has 0 aliphatic heterocycles. The summed E-state index contributed by atoms with van der Waals surface area (Å²) in [4.78, 5) is 42.2. The number of hydrogen-bond acceptors (Lipinski definition) is 7. The van der Waals surface area contributed by atoms with Crippen LogP contribution in [0.3, 0.4) is 0 Å². The van der Waals surface area contributed by atoms with Gasteiger partial charge in [-0.15, -0.1) is 0 Å². The Bertz CT molecular complexity index is 1480. The lowest BCUT2D eigenvalue weighted by Gasteiger charge is -2.18. The Morgan fingerprint density at radius 2 is 1.74 bits per heavy atom. The van der Waals surface area contributed by atoms with E-state index >= 15 is 0 Å². The molecule has 1 N–H and O–H groups in total. The first-order valence-electron chi connectivity index (χ1n) is 12.5. The van der Waals surface area contributed by atoms with Crippen molar-refractivity contribution in [2.24, 2.45) is 0 Å². The van der Waals surface area contributed by atoms with E-state index in [-0.39, 0.29) is 18.3 Å². The van der Waals surface area contributed by atoms with Crippen molar-refractivity contribution in [3.05, 3.63) is 83.3 Å². The van der Waals surface area contributed by atoms with Crippen LogP contribution in [-0.2, 0) is 16.1 Å². The molecule has 0 fully saturated rings. The van der Waals surface area contributed by atoms with E-state index in [0.717, 1.165) is 0 Å². The van der Waals surface area contributed by atoms with Crippen LogP contribution in [0, 0.1) is 0 Å². The second-order valence-electron chi connectivity index (χ2n) is 8.31. The predicted molar refractivity (Wildman–Crippen MR) is 145 cm³/mol. The third-order valence-corrected chi connectivity index (χ3v) is 5.75. The Morgan fingerprint density at radius 3 is 2.50 bits per heavy atom. The average molecular weight is 516 g/mol. The summed E-state index contributed by atoms with van der Waals surface area (Å²) in [7, 11) is 0. The molecule has 0 aliphatic rings. The Labute approximate surface area is 220 Å². The maximum Gasteiger partial charge on any atom is 0.417 e. The number of ether oxygens (including phenoxy) is 3. The highest BCUT2D eigenvalue weighted by molar-refractivity contribution is 6.03. The number of benzene rings is 2. The summed E-state index contributed by atoms with van der Waals surface area (Å²) in [6, 6.07) is 19.5. The lowest BCUT2D eigenvalue weighted by molar-refractivity contribution is -0.143. The second kappa shape index (κ2) is 12.5. The van der Waals surface area contributed by atoms with Crippen LogP contribution in [0.15, 0.2) is 77.7 Å². The highest BCUT2D eigenvalue weighted by Gasteiger charge is 2.21. The van der Waals surface area contributed by atoms with Gasteiger partial charge >= 0.3 is 12.1 Å². The van der Waals surface area contributed by atoms with Gasteiger partial charge < -0.3 is 14.2 Å². The molecule has 0 unspecified atom stereocenters. The van der Waals surface area contributed by atoms with Gasteiger partial charge in [0.1, 0.15) is 22.8 Å². The zero-order chi connectivity index (χ0) is 26.9. The first-order valence-corrected chi connectivity index (χ1v) is 12.5. The first-order chi connectivity index (χ1) is 18.5. The SMILES string of the molecule is CCC(=O)OCCCOc1cccc(-c2c(NC(=O)Oc3ccccc3)c(=O)n(CC)c3ncccc23)c1. The first kappa shape index (κ1) is 26.4. The van der Waals surface area contributed by atoms with Crippen molar-refractivity contribution >= 4 is 28.8 Å². The van der Waals surface area contributed by atoms with Gasteiger partial charge in [-0.25, -0.2) is 9.78 Å². The lowest BCUT2D eigenvalue weighted by atomic mass is 10.00. The minimum atomic E-state index is -0.783. The van der Waals surface area contributed by atoms with E-state index in [1.165, 1.54) is 4.57 Å². The van der Waals surface area contributed by atoms with Crippen molar-refractivity contribution in [3.8, 4) is 22.6 Å². The fraction of sp³-hybridized carbons (Fsp3) is 0.241. The largest absolute Gasteiger partial charge is 0.493 e. The Morgan fingerprint density at radius 1 is 0.947 bits per heavy atom. The number of fused-ring (bicyclic) bond motifs is 1. The number of carbonyl (C=O) groups is 2. The van der Waals surface area contributed by atoms with Crippen LogP contribution in [0.2, 0.25) is 0 Å². The van der Waals surface area contributed by atoms with Gasteiger partial charge in [0, 0.05) is 36.5 Å². The lowest BCUT2D eigenvalue weighted by Crippen LogP contribution is -2.28. The van der Waals surface area contributed by atoms with Crippen LogP contribution in [0.4, 0.5) is 10.5 Å². The molecule has 4 aromatic rings. The number of esters is 1. The van der Waals surface area contributed by atoms with E-state index in [4.69, 9.17) is 14.2 Å². The number of para-hydroxylation sites is 1. The molecular formula is C29H29N3O6. The Hall–Kier alpha value is -4.66. The van der Waals surface area contributed by atoms with Gasteiger partial charge in [-0.2, -0.15) is 0 Å². The number of rotatable bonds is 10. The molecule has 2 aromatic carbocycles. The maximum atomic E-state index is 13.6. The van der Waals surface area contributed by atoms with Crippen molar-refractivity contribution in [3.63, 3.8) is 0 Å². The zero-order valence-electron chi connectivity index (χ0n) is 21.3. The van der Waals surface area contributed by atoms with Gasteiger partial charge in [-0.05, 0) is 48.9 Å². The highest BCUT2D eigenvalue weighted by atomic mass is 16.6. The number of nitrogens with one attached hydrogen (secondary N) is 1. The predicted octanol–water partition coefficient (Wildman–Crippen LogP) is 5.42. The minimum Gasteiger partial charge on any atom is -0.493 e. The molecule has 2 heterocycles. The minimum absolute atomic E-state index is 0.0805. The molecule has 0 saturated carbocycles. The van der Waals surface area contributed by atoms with Crippen molar-refractivity contribution in [2.45, 2.75) is 33.2 Å². The zero-order valence-corrected chi connectivity index (χ0v) is 21.3. The molecule has 9 nitrogen and oxygen atoms in total. The van der Waals surface area contributed by atoms with Gasteiger partial charge in [0.05, 0.1) is 13.2 Å². The topological polar surface area (TPSA) is 109 Å². The third kappa shape index (κ3) is 6.18. The smallest absolute Gasteiger partial charge is 0.417 e. The fourth-order valence-corrected chi connectivity index (χ4v) is 3.99. The second-order valence-corrected chi connectivity index (χ2v) is 8.31. The van der Waals surface area contributed by atoms with Crippen LogP contribution in [-0.4, -0.2) is 34.8 Å². The van der Waals surface area contributed by atoms with Crippen LogP contribution in [0.5, 0.6) is 11.5 Å². The van der Waals surface area contributed by atoms with Crippen LogP contribution < -0.4 is 20.3 Å². The van der Waals surface area contributed by atoms with Gasteiger partial charge in [0.25, 0.3) is 5.56 Å². The standard InChI is InChI=1S/C29H29N3O6/c1-3-24(33)37-18-10-17-36-22-14-8-11-20(19-22)25-23-15-9-16-30-27(23)32(4-2)28(34)26(25)31-29(35)38-21-12-6-5-7-13-21/h5-9,11-16,19H,3-4,10,17-18H2,1-2H3,(H,31,35). The molecule has 0 bridgehead atoms. The van der Waals surface area contributed by atoms with E-state index in [9.17, 15) is 14.4 Å². The number of aromatic nitrogens is 2. The molecular weight excluding hydrogens is 486 g/mol. The monoisotopic (exact) mass is 515 g/mol. The molecule has 0 atom stereocenters. The van der Waals surface area contributed by atoms with Crippen LogP contribution in [0.25, 0.3) is 22.2 Å². The number of anilines is 1. The van der Waals surface area contributed by atoms with Crippen LogP contribution in [0.1, 0.15) is 26.7 Å². The van der Waals surface area contributed by atoms with Gasteiger partial charge in [0.15, 0.2) is 0 Å². The number of hydrogen-bond donors (Lipinski definition) is 1. The van der Waals surface area contributed by atoms with E-state index in [1.807, 2.05) is 25.1 Å². The summed E-state index contributed by atoms with van der Waals surface area (Å²) in [5.41, 5.74) is 1.35. The van der Waals surface area contributed by atoms with Crippen molar-refractivity contribution in [2.75, 3.05) is 18.5 Å². The van der Waals surface area contributed by atoms with Gasteiger partial charge in [-0.1, -0.05) is 37.3 Å². The molecule has 38 heavy (non-hydrogen) atoms. The van der Waals surface area contributed by atoms with Gasteiger partial charge in [0.2, 0.25) is 0 Å². The molecule has 0 saturated heterocycles. The summed E-state index contributed by atoms with van der Waals surface area (Å²) >= 11 is 0. The maximum absolute atomic E-state index is 13.6. The van der Waals surface area contributed by atoms with Crippen molar-refractivity contribution in [1.82, 2.24) is 9.55 Å². The van der Waals surface area contributed by atoms with E-state index in [2.05, 4.69) is 10.3 Å². The summed E-state index contributed by atoms with van der Waals surface area (Å²) in [6.07, 6.45) is 1.71. The number of carbonyl (C=O) groups excluding carboxylic acids is 2. The van der Waals surface area contributed by atoms with Crippen LogP contribution >= 0.6 is 0 Å². The fourth-order valence-electron chi connectivity index (χ4n) is 3.99. The van der Waals surface area contributed by atoms with E-state index in [0.29, 0.717) is 59.7 Å². The summed E-state index contributed by atoms with van der Waals surface area (Å²) < 4.78 is 17.9. The number of amides is 1. The molecule has 196 valence electrons. The number of aryl methyl sites for hydroxylation is 1. The summed E-state index contributed by atoms with van der Waals surface area (Å²) in [5.74, 6) is 0.670. The molecule has 0 spiro atoms. The molecule has 2 aromatic heterocycles. The quantitative estimate of drug-likeness (QED) is 0.222. The molecule has 0 aliphatic carbocycles. The summed E-state index contributed by atoms with van der Waals surface area (Å²) in [5, 5.41) is 3.36. The highest BCUT2D eigenvalue weighted by Crippen LogP contribution is 2.34. The number of nitrogens with zero attached hydrogens (tertiary/aromatic N) is 2. The molecule has 0 radical (unpaired) electrons. The molecule has 9 heteroatoms. The van der Waals surface area contributed by atoms with Crippen molar-refractivity contribution < 1.29 is 23.8 Å². The van der Waals surface area contributed by atoms with Gasteiger partial charge in [-0.3, -0.25) is 19.5 Å². The normalized spacial score (nSPS) is 10.7. The Balaban J connectivity index is 1.69.